The Bertz CT molecular complexity index is 1580. The molecule has 1 aromatic rings. The Labute approximate surface area is 325 Å². The molecule has 6 rings (SSSR count). The standard InChI is InChI=1S/C45H71N3O6/c1-9-10-11-12-13-14-15-16-37(49)53-30-31-28-48(47-46-31)29-38(50)54-36-20-21-42(6)34(41(36,4)5)19-22-44(8)35(42)18-17-32-33-27-40(2,3)23-25-45(33,39(51)52)26-24-43(32,44)7/h17,28,33-36H,9-16,18-27,29-30H2,1-8H3,(H,51,52)/t33-,34-,35+,36-,42-,43+,44+,45-/m0/s1. The van der Waals surface area contributed by atoms with E-state index in [9.17, 15) is 19.5 Å². The van der Waals surface area contributed by atoms with E-state index in [-0.39, 0.29) is 64.2 Å². The lowest BCUT2D eigenvalue weighted by atomic mass is 9.33. The van der Waals surface area contributed by atoms with E-state index < -0.39 is 11.4 Å². The molecule has 0 aromatic carbocycles. The van der Waals surface area contributed by atoms with Crippen molar-refractivity contribution in [2.45, 2.75) is 190 Å². The first-order valence-electron chi connectivity index (χ1n) is 21.6. The maximum Gasteiger partial charge on any atom is 0.328 e. The summed E-state index contributed by atoms with van der Waals surface area (Å²) in [5, 5.41) is 19.0. The van der Waals surface area contributed by atoms with Crippen molar-refractivity contribution in [1.82, 2.24) is 15.0 Å². The number of aromatic nitrogens is 3. The maximum absolute atomic E-state index is 13.4. The summed E-state index contributed by atoms with van der Waals surface area (Å²) in [6.07, 6.45) is 21.9. The van der Waals surface area contributed by atoms with E-state index in [1.165, 1.54) is 35.9 Å². The monoisotopic (exact) mass is 750 g/mol. The van der Waals surface area contributed by atoms with Gasteiger partial charge < -0.3 is 14.6 Å². The van der Waals surface area contributed by atoms with Crippen molar-refractivity contribution < 1.29 is 29.0 Å². The quantitative estimate of drug-likeness (QED) is 0.113. The number of nitrogens with zero attached hydrogens (tertiary/aromatic N) is 3. The van der Waals surface area contributed by atoms with E-state index in [0.29, 0.717) is 24.0 Å². The van der Waals surface area contributed by atoms with Gasteiger partial charge in [0.15, 0.2) is 0 Å². The fourth-order valence-electron chi connectivity index (χ4n) is 13.1. The number of carboxylic acids is 1. The van der Waals surface area contributed by atoms with Crippen molar-refractivity contribution in [2.24, 2.45) is 50.2 Å². The largest absolute Gasteiger partial charge is 0.481 e. The first kappa shape index (κ1) is 40.9. The minimum atomic E-state index is -0.623. The summed E-state index contributed by atoms with van der Waals surface area (Å²) in [5.74, 6) is -0.122. The molecule has 0 unspecified atom stereocenters. The number of esters is 2. The molecule has 4 saturated carbocycles. The van der Waals surface area contributed by atoms with Crippen molar-refractivity contribution in [3.63, 3.8) is 0 Å². The molecule has 54 heavy (non-hydrogen) atoms. The Morgan fingerprint density at radius 3 is 2.28 bits per heavy atom. The van der Waals surface area contributed by atoms with Crippen LogP contribution in [0.3, 0.4) is 0 Å². The molecule has 1 N–H and O–H groups in total. The maximum atomic E-state index is 13.4. The fourth-order valence-corrected chi connectivity index (χ4v) is 13.1. The van der Waals surface area contributed by atoms with Crippen LogP contribution >= 0.6 is 0 Å². The van der Waals surface area contributed by atoms with Crippen molar-refractivity contribution >= 4 is 17.9 Å². The predicted octanol–water partition coefficient (Wildman–Crippen LogP) is 10.3. The minimum absolute atomic E-state index is 0.0169. The third kappa shape index (κ3) is 7.32. The number of carbonyl (C=O) groups is 3. The summed E-state index contributed by atoms with van der Waals surface area (Å²) in [4.78, 5) is 38.6. The zero-order valence-electron chi connectivity index (χ0n) is 34.9. The second-order valence-electron chi connectivity index (χ2n) is 20.5. The summed E-state index contributed by atoms with van der Waals surface area (Å²) >= 11 is 0. The van der Waals surface area contributed by atoms with Crippen LogP contribution in [0.2, 0.25) is 0 Å². The normalized spacial score (nSPS) is 36.4. The minimum Gasteiger partial charge on any atom is -0.481 e. The van der Waals surface area contributed by atoms with Crippen LogP contribution in [0.4, 0.5) is 0 Å². The molecule has 302 valence electrons. The van der Waals surface area contributed by atoms with Crippen LogP contribution in [0.5, 0.6) is 0 Å². The van der Waals surface area contributed by atoms with Crippen molar-refractivity contribution in [2.75, 3.05) is 0 Å². The smallest absolute Gasteiger partial charge is 0.328 e. The molecular formula is C45H71N3O6. The van der Waals surface area contributed by atoms with Gasteiger partial charge in [0.05, 0.1) is 11.6 Å². The highest BCUT2D eigenvalue weighted by atomic mass is 16.5. The molecule has 0 radical (unpaired) electrons. The first-order chi connectivity index (χ1) is 25.4. The van der Waals surface area contributed by atoms with Gasteiger partial charge in [-0.15, -0.1) is 5.10 Å². The number of carboxylic acid groups (broad SMARTS) is 1. The topological polar surface area (TPSA) is 121 Å². The SMILES string of the molecule is CCCCCCCCCC(=O)OCc1cn(CC(=O)O[C@H]2CC[C@]3(C)[C@H]4CC=C5[C@@H]6CC(C)(C)CC[C@]6(C(=O)O)CC[C@@]5(C)[C@]4(C)CC[C@H]3C2(C)C)nn1. The fraction of sp³-hybridized carbons (Fsp3) is 0.844. The van der Waals surface area contributed by atoms with Crippen LogP contribution in [0.15, 0.2) is 17.8 Å². The summed E-state index contributed by atoms with van der Waals surface area (Å²) in [6.45, 7) is 19.1. The van der Waals surface area contributed by atoms with E-state index in [2.05, 4.69) is 71.8 Å². The van der Waals surface area contributed by atoms with E-state index in [1.54, 1.807) is 6.20 Å². The highest BCUT2D eigenvalue weighted by Gasteiger charge is 2.69. The van der Waals surface area contributed by atoms with E-state index in [1.807, 2.05) is 0 Å². The van der Waals surface area contributed by atoms with Crippen molar-refractivity contribution in [3.05, 3.63) is 23.5 Å². The third-order valence-electron chi connectivity index (χ3n) is 16.5. The van der Waals surface area contributed by atoms with Gasteiger partial charge in [-0.05, 0) is 110 Å². The average Bonchev–Trinajstić information content (AvgIpc) is 3.55. The molecule has 0 bridgehead atoms. The van der Waals surface area contributed by atoms with Gasteiger partial charge in [-0.25, -0.2) is 4.68 Å². The van der Waals surface area contributed by atoms with Crippen LogP contribution in [0.25, 0.3) is 0 Å². The molecule has 5 aliphatic carbocycles. The number of ether oxygens (including phenoxy) is 2. The molecule has 0 spiro atoms. The van der Waals surface area contributed by atoms with Gasteiger partial charge in [-0.1, -0.05) is 111 Å². The molecule has 0 amide bonds. The summed E-state index contributed by atoms with van der Waals surface area (Å²) in [6, 6.07) is 0. The molecule has 4 fully saturated rings. The Morgan fingerprint density at radius 2 is 1.56 bits per heavy atom. The van der Waals surface area contributed by atoms with E-state index in [4.69, 9.17) is 9.47 Å². The zero-order chi connectivity index (χ0) is 39.2. The van der Waals surface area contributed by atoms with Gasteiger partial charge >= 0.3 is 17.9 Å². The number of fused-ring (bicyclic) bond motifs is 7. The number of rotatable bonds is 14. The van der Waals surface area contributed by atoms with Crippen molar-refractivity contribution in [3.8, 4) is 0 Å². The molecule has 1 heterocycles. The number of carbonyl (C=O) groups excluding carboxylic acids is 2. The number of hydrogen-bond donors (Lipinski definition) is 1. The van der Waals surface area contributed by atoms with Crippen LogP contribution in [-0.4, -0.2) is 44.1 Å². The number of hydrogen-bond acceptors (Lipinski definition) is 7. The summed E-state index contributed by atoms with van der Waals surface area (Å²) < 4.78 is 13.2. The van der Waals surface area contributed by atoms with Gasteiger partial charge in [0.2, 0.25) is 0 Å². The van der Waals surface area contributed by atoms with Crippen molar-refractivity contribution in [1.29, 1.82) is 0 Å². The predicted molar refractivity (Wildman–Crippen MR) is 209 cm³/mol. The highest BCUT2D eigenvalue weighted by molar-refractivity contribution is 5.76. The molecule has 0 aliphatic heterocycles. The van der Waals surface area contributed by atoms with Crippen LogP contribution in [0.1, 0.15) is 177 Å². The Hall–Kier alpha value is -2.71. The molecular weight excluding hydrogens is 679 g/mol. The Kier molecular flexibility index (Phi) is 11.6. The molecule has 1 aromatic heterocycles. The lowest BCUT2D eigenvalue weighted by molar-refractivity contribution is -0.214. The third-order valence-corrected chi connectivity index (χ3v) is 16.5. The average molecular weight is 750 g/mol. The summed E-state index contributed by atoms with van der Waals surface area (Å²) in [7, 11) is 0. The van der Waals surface area contributed by atoms with E-state index in [0.717, 1.165) is 83.5 Å². The molecule has 8 atom stereocenters. The first-order valence-corrected chi connectivity index (χ1v) is 21.6. The molecule has 9 nitrogen and oxygen atoms in total. The van der Waals surface area contributed by atoms with Gasteiger partial charge in [0, 0.05) is 11.8 Å². The van der Waals surface area contributed by atoms with Crippen LogP contribution in [-0.2, 0) is 37.0 Å². The number of aliphatic carboxylic acids is 1. The Morgan fingerprint density at radius 1 is 0.852 bits per heavy atom. The molecule has 5 aliphatic rings. The second-order valence-corrected chi connectivity index (χ2v) is 20.5. The molecule has 9 heteroatoms. The highest BCUT2D eigenvalue weighted by Crippen LogP contribution is 2.75. The zero-order valence-corrected chi connectivity index (χ0v) is 34.9. The lowest BCUT2D eigenvalue weighted by Crippen LogP contribution is -2.65. The van der Waals surface area contributed by atoms with E-state index >= 15 is 0 Å². The van der Waals surface area contributed by atoms with Gasteiger partial charge in [-0.3, -0.25) is 14.4 Å². The number of unbranched alkanes of at least 4 members (excludes halogenated alkanes) is 6. The lowest BCUT2D eigenvalue weighted by Gasteiger charge is -2.71. The van der Waals surface area contributed by atoms with Crippen LogP contribution in [0, 0.1) is 50.2 Å². The Balaban J connectivity index is 1.06. The van der Waals surface area contributed by atoms with Gasteiger partial charge in [-0.2, -0.15) is 0 Å². The van der Waals surface area contributed by atoms with Crippen LogP contribution < -0.4 is 0 Å². The number of allylic oxidation sites excluding steroid dienone is 2. The van der Waals surface area contributed by atoms with Gasteiger partial charge in [0.25, 0.3) is 0 Å². The summed E-state index contributed by atoms with van der Waals surface area (Å²) in [5.41, 5.74) is 1.47. The van der Waals surface area contributed by atoms with Gasteiger partial charge in [0.1, 0.15) is 24.9 Å². The molecule has 0 saturated heterocycles. The second kappa shape index (κ2) is 15.3.